The number of nitrogens with zero attached hydrogens (tertiary/aromatic N) is 1. The molecule has 4 rings (SSSR count). The molecule has 2 bridgehead atoms. The number of rotatable bonds is 3. The van der Waals surface area contributed by atoms with Crippen molar-refractivity contribution in [3.63, 3.8) is 0 Å². The van der Waals surface area contributed by atoms with Crippen LogP contribution in [0, 0.1) is 31.1 Å². The number of thiocarbonyl (C=S) groups is 1. The van der Waals surface area contributed by atoms with Crippen LogP contribution in [0.5, 0.6) is 0 Å². The molecular weight excluding hydrogens is 302 g/mol. The van der Waals surface area contributed by atoms with Crippen molar-refractivity contribution in [1.29, 1.82) is 0 Å². The maximum atomic E-state index is 5.35. The topological polar surface area (TPSA) is 36.4 Å². The van der Waals surface area contributed by atoms with Gasteiger partial charge in [-0.25, -0.2) is 0 Å². The van der Waals surface area contributed by atoms with E-state index in [9.17, 15) is 0 Å². The molecule has 3 aliphatic carbocycles. The molecule has 2 N–H and O–H groups in total. The maximum absolute atomic E-state index is 5.35. The van der Waals surface area contributed by atoms with Gasteiger partial charge in [0.05, 0.1) is 6.21 Å². The Balaban J connectivity index is 1.58. The Kier molecular flexibility index (Phi) is 4.28. The summed E-state index contributed by atoms with van der Waals surface area (Å²) < 4.78 is 0. The first-order valence-corrected chi connectivity index (χ1v) is 8.66. The largest absolute Gasteiger partial charge is 0.331 e. The van der Waals surface area contributed by atoms with Gasteiger partial charge in [-0.15, -0.1) is 0 Å². The minimum absolute atomic E-state index is 0.424. The van der Waals surface area contributed by atoms with Crippen LogP contribution in [-0.2, 0) is 0 Å². The van der Waals surface area contributed by atoms with Crippen LogP contribution < -0.4 is 10.7 Å². The summed E-state index contributed by atoms with van der Waals surface area (Å²) in [4.78, 5) is 0. The van der Waals surface area contributed by atoms with Gasteiger partial charge in [0.2, 0.25) is 0 Å². The minimum atomic E-state index is 0.424. The van der Waals surface area contributed by atoms with E-state index in [0.717, 1.165) is 11.6 Å². The quantitative estimate of drug-likeness (QED) is 0.485. The Morgan fingerprint density at radius 3 is 2.61 bits per heavy atom. The van der Waals surface area contributed by atoms with E-state index in [-0.39, 0.29) is 0 Å². The van der Waals surface area contributed by atoms with Crippen molar-refractivity contribution in [1.82, 2.24) is 5.43 Å². The number of nitrogens with one attached hydrogen (secondary N) is 2. The number of hydrogen-bond donors (Lipinski definition) is 2. The fourth-order valence-corrected chi connectivity index (χ4v) is 4.02. The van der Waals surface area contributed by atoms with Gasteiger partial charge in [0.25, 0.3) is 0 Å². The molecule has 0 heterocycles. The third-order valence-corrected chi connectivity index (χ3v) is 5.80. The summed E-state index contributed by atoms with van der Waals surface area (Å²) in [5.41, 5.74) is 8.13. The molecule has 1 fully saturated rings. The predicted molar refractivity (Wildman–Crippen MR) is 102 cm³/mol. The van der Waals surface area contributed by atoms with Crippen LogP contribution >= 0.6 is 12.2 Å². The van der Waals surface area contributed by atoms with Crippen molar-refractivity contribution >= 4 is 29.2 Å². The van der Waals surface area contributed by atoms with E-state index in [2.05, 4.69) is 61.7 Å². The summed E-state index contributed by atoms with van der Waals surface area (Å²) in [6.07, 6.45) is 6.75. The van der Waals surface area contributed by atoms with Gasteiger partial charge in [0.15, 0.2) is 5.11 Å². The van der Waals surface area contributed by atoms with Gasteiger partial charge in [0, 0.05) is 5.69 Å². The van der Waals surface area contributed by atoms with Crippen molar-refractivity contribution in [2.75, 3.05) is 5.32 Å². The zero-order valence-electron chi connectivity index (χ0n) is 14.3. The second-order valence-corrected chi connectivity index (χ2v) is 7.75. The molecule has 0 amide bonds. The average Bonchev–Trinajstić information content (AvgIpc) is 2.51. The SMILES string of the molecule is Cc1cccc(C)c1NC(=S)N/N=C/C1=CCC2CC1C2(C)C. The van der Waals surface area contributed by atoms with Crippen molar-refractivity contribution in [3.8, 4) is 0 Å². The number of para-hydroxylation sites is 1. The molecule has 2 atom stereocenters. The van der Waals surface area contributed by atoms with Gasteiger partial charge < -0.3 is 5.32 Å². The van der Waals surface area contributed by atoms with Crippen LogP contribution in [0.4, 0.5) is 5.69 Å². The van der Waals surface area contributed by atoms with Gasteiger partial charge in [-0.3, -0.25) is 5.43 Å². The Morgan fingerprint density at radius 1 is 1.30 bits per heavy atom. The first-order valence-electron chi connectivity index (χ1n) is 8.26. The zero-order chi connectivity index (χ0) is 16.6. The van der Waals surface area contributed by atoms with Gasteiger partial charge in [-0.1, -0.05) is 38.1 Å². The average molecular weight is 327 g/mol. The normalized spacial score (nSPS) is 24.8. The van der Waals surface area contributed by atoms with E-state index < -0.39 is 0 Å². The van der Waals surface area contributed by atoms with Gasteiger partial charge >= 0.3 is 0 Å². The first kappa shape index (κ1) is 16.2. The van der Waals surface area contributed by atoms with Crippen LogP contribution in [0.15, 0.2) is 34.9 Å². The Morgan fingerprint density at radius 2 is 2.00 bits per heavy atom. The molecule has 0 aliphatic heterocycles. The summed E-state index contributed by atoms with van der Waals surface area (Å²) in [5, 5.41) is 8.11. The highest BCUT2D eigenvalue weighted by Gasteiger charge is 2.50. The molecule has 1 saturated carbocycles. The smallest absolute Gasteiger partial charge is 0.191 e. The number of anilines is 1. The van der Waals surface area contributed by atoms with E-state index in [0.29, 0.717) is 16.4 Å². The highest BCUT2D eigenvalue weighted by Crippen LogP contribution is 2.58. The van der Waals surface area contributed by atoms with E-state index in [1.807, 2.05) is 12.3 Å². The highest BCUT2D eigenvalue weighted by atomic mass is 32.1. The molecule has 1 aromatic carbocycles. The fourth-order valence-electron chi connectivity index (χ4n) is 3.86. The van der Waals surface area contributed by atoms with Crippen molar-refractivity contribution in [3.05, 3.63) is 41.0 Å². The number of hydrazone groups is 1. The van der Waals surface area contributed by atoms with Crippen LogP contribution in [0.3, 0.4) is 0 Å². The lowest BCUT2D eigenvalue weighted by atomic mass is 9.49. The molecule has 3 nitrogen and oxygen atoms in total. The van der Waals surface area contributed by atoms with Gasteiger partial charge in [-0.2, -0.15) is 5.10 Å². The molecule has 23 heavy (non-hydrogen) atoms. The van der Waals surface area contributed by atoms with Gasteiger partial charge in [0.1, 0.15) is 0 Å². The van der Waals surface area contributed by atoms with Crippen molar-refractivity contribution < 1.29 is 0 Å². The van der Waals surface area contributed by atoms with E-state index in [4.69, 9.17) is 12.2 Å². The van der Waals surface area contributed by atoms with Gasteiger partial charge in [-0.05, 0) is 72.9 Å². The highest BCUT2D eigenvalue weighted by molar-refractivity contribution is 7.80. The second kappa shape index (κ2) is 6.08. The summed E-state index contributed by atoms with van der Waals surface area (Å²) in [7, 11) is 0. The molecule has 0 radical (unpaired) electrons. The van der Waals surface area contributed by atoms with Crippen LogP contribution in [0.25, 0.3) is 0 Å². The lowest BCUT2D eigenvalue weighted by molar-refractivity contribution is -0.00126. The van der Waals surface area contributed by atoms with E-state index in [1.54, 1.807) is 0 Å². The van der Waals surface area contributed by atoms with Crippen molar-refractivity contribution in [2.24, 2.45) is 22.4 Å². The minimum Gasteiger partial charge on any atom is -0.331 e. The number of hydrogen-bond acceptors (Lipinski definition) is 2. The van der Waals surface area contributed by atoms with Crippen molar-refractivity contribution in [2.45, 2.75) is 40.5 Å². The summed E-state index contributed by atoms with van der Waals surface area (Å²) in [5.74, 6) is 1.50. The molecule has 122 valence electrons. The maximum Gasteiger partial charge on any atom is 0.191 e. The Bertz CT molecular complexity index is 668. The predicted octanol–water partition coefficient (Wildman–Crippen LogP) is 4.57. The molecule has 0 spiro atoms. The molecule has 4 heteroatoms. The molecule has 0 aromatic heterocycles. The molecule has 2 unspecified atom stereocenters. The molecular formula is C19H25N3S. The summed E-state index contributed by atoms with van der Waals surface area (Å²) >= 11 is 5.35. The number of allylic oxidation sites excluding steroid dienone is 2. The summed E-state index contributed by atoms with van der Waals surface area (Å²) in [6, 6.07) is 6.19. The van der Waals surface area contributed by atoms with Crippen LogP contribution in [0.2, 0.25) is 0 Å². The Labute approximate surface area is 144 Å². The number of benzene rings is 1. The molecule has 1 aromatic rings. The van der Waals surface area contributed by atoms with Crippen LogP contribution in [-0.4, -0.2) is 11.3 Å². The fraction of sp³-hybridized carbons (Fsp3) is 0.474. The molecule has 0 saturated heterocycles. The first-order chi connectivity index (χ1) is 10.9. The van der Waals surface area contributed by atoms with E-state index in [1.165, 1.54) is 29.5 Å². The lowest BCUT2D eigenvalue weighted by Crippen LogP contribution is -2.48. The van der Waals surface area contributed by atoms with E-state index >= 15 is 0 Å². The zero-order valence-corrected chi connectivity index (χ0v) is 15.1. The number of aryl methyl sites for hydroxylation is 2. The third-order valence-electron chi connectivity index (χ3n) is 5.61. The van der Waals surface area contributed by atoms with Crippen LogP contribution in [0.1, 0.15) is 37.8 Å². The molecule has 3 aliphatic rings. The summed E-state index contributed by atoms with van der Waals surface area (Å²) in [6.45, 7) is 8.88. The number of fused-ring (bicyclic) bond motifs is 1. The Hall–Kier alpha value is -1.68. The monoisotopic (exact) mass is 327 g/mol. The standard InChI is InChI=1S/C19H25N3S/c1-12-6-5-7-13(2)17(12)21-18(23)22-20-11-14-8-9-15-10-16(14)19(15,3)4/h5-8,11,15-16H,9-10H2,1-4H3,(H2,21,22,23)/b20-11+. The lowest BCUT2D eigenvalue weighted by Gasteiger charge is -2.55. The third kappa shape index (κ3) is 3.05. The second-order valence-electron chi connectivity index (χ2n) is 7.34.